The van der Waals surface area contributed by atoms with E-state index in [2.05, 4.69) is 35.8 Å². The van der Waals surface area contributed by atoms with Crippen LogP contribution >= 0.6 is 11.6 Å². The van der Waals surface area contributed by atoms with Crippen molar-refractivity contribution in [3.8, 4) is 0 Å². The Morgan fingerprint density at radius 3 is 2.55 bits per heavy atom. The van der Waals surface area contributed by atoms with E-state index in [0.717, 1.165) is 37.6 Å². The average molecular weight is 296 g/mol. The van der Waals surface area contributed by atoms with Crippen molar-refractivity contribution in [3.63, 3.8) is 0 Å². The highest BCUT2D eigenvalue weighted by atomic mass is 35.5. The first-order chi connectivity index (χ1) is 9.65. The third-order valence-electron chi connectivity index (χ3n) is 4.33. The third-order valence-corrected chi connectivity index (χ3v) is 4.57. The number of hydrogen-bond donors (Lipinski definition) is 1. The van der Waals surface area contributed by atoms with Crippen LogP contribution in [0.25, 0.3) is 0 Å². The fourth-order valence-electron chi connectivity index (χ4n) is 2.86. The Morgan fingerprint density at radius 1 is 1.25 bits per heavy atom. The number of hydrogen-bond acceptors (Lipinski definition) is 3. The minimum Gasteiger partial charge on any atom is -0.369 e. The van der Waals surface area contributed by atoms with E-state index in [4.69, 9.17) is 17.3 Å². The summed E-state index contributed by atoms with van der Waals surface area (Å²) in [6.07, 6.45) is 2.13. The van der Waals surface area contributed by atoms with Crippen LogP contribution in [0.5, 0.6) is 0 Å². The predicted octanol–water partition coefficient (Wildman–Crippen LogP) is 2.76. The standard InChI is InChI=1S/C16H26ClN3/c1-3-13(2)19-8-10-20(11-9-19)16-12-15(17)5-4-14(16)6-7-18/h4-5,12-13H,3,6-11,18H2,1-2H3. The second-order valence-electron chi connectivity index (χ2n) is 5.59. The molecule has 1 aliphatic heterocycles. The van der Waals surface area contributed by atoms with Gasteiger partial charge in [0, 0.05) is 42.9 Å². The molecule has 1 fully saturated rings. The molecule has 0 radical (unpaired) electrons. The summed E-state index contributed by atoms with van der Waals surface area (Å²) >= 11 is 6.17. The number of benzene rings is 1. The molecule has 0 aliphatic carbocycles. The Labute approximate surface area is 127 Å². The van der Waals surface area contributed by atoms with Crippen molar-refractivity contribution < 1.29 is 0 Å². The number of anilines is 1. The lowest BCUT2D eigenvalue weighted by Gasteiger charge is -2.39. The van der Waals surface area contributed by atoms with Gasteiger partial charge in [0.05, 0.1) is 0 Å². The van der Waals surface area contributed by atoms with Gasteiger partial charge >= 0.3 is 0 Å². The summed E-state index contributed by atoms with van der Waals surface area (Å²) in [6, 6.07) is 6.85. The lowest BCUT2D eigenvalue weighted by Crippen LogP contribution is -2.49. The minimum atomic E-state index is 0.681. The summed E-state index contributed by atoms with van der Waals surface area (Å²) in [4.78, 5) is 5.03. The van der Waals surface area contributed by atoms with Crippen LogP contribution in [0.15, 0.2) is 18.2 Å². The van der Waals surface area contributed by atoms with E-state index in [1.165, 1.54) is 17.7 Å². The van der Waals surface area contributed by atoms with Crippen LogP contribution in [0.4, 0.5) is 5.69 Å². The molecule has 1 unspecified atom stereocenters. The predicted molar refractivity (Wildman–Crippen MR) is 87.7 cm³/mol. The molecule has 20 heavy (non-hydrogen) atoms. The molecule has 2 N–H and O–H groups in total. The first-order valence-corrected chi connectivity index (χ1v) is 8.01. The lowest BCUT2D eigenvalue weighted by molar-refractivity contribution is 0.192. The van der Waals surface area contributed by atoms with Crippen molar-refractivity contribution in [1.82, 2.24) is 4.90 Å². The van der Waals surface area contributed by atoms with Gasteiger partial charge in [-0.1, -0.05) is 24.6 Å². The molecule has 112 valence electrons. The van der Waals surface area contributed by atoms with E-state index >= 15 is 0 Å². The Morgan fingerprint density at radius 2 is 1.95 bits per heavy atom. The van der Waals surface area contributed by atoms with Crippen molar-refractivity contribution >= 4 is 17.3 Å². The van der Waals surface area contributed by atoms with Gasteiger partial charge in [-0.25, -0.2) is 0 Å². The topological polar surface area (TPSA) is 32.5 Å². The van der Waals surface area contributed by atoms with Crippen LogP contribution in [-0.2, 0) is 6.42 Å². The van der Waals surface area contributed by atoms with Gasteiger partial charge in [-0.15, -0.1) is 0 Å². The Kier molecular flexibility index (Phi) is 5.70. The molecule has 0 aromatic heterocycles. The van der Waals surface area contributed by atoms with Crippen LogP contribution in [-0.4, -0.2) is 43.7 Å². The van der Waals surface area contributed by atoms with Gasteiger partial charge in [0.1, 0.15) is 0 Å². The van der Waals surface area contributed by atoms with E-state index in [1.54, 1.807) is 0 Å². The molecule has 0 saturated carbocycles. The van der Waals surface area contributed by atoms with Gasteiger partial charge in [0.2, 0.25) is 0 Å². The fraction of sp³-hybridized carbons (Fsp3) is 0.625. The number of piperazine rings is 1. The molecule has 0 spiro atoms. The van der Waals surface area contributed by atoms with Crippen LogP contribution in [0.3, 0.4) is 0 Å². The van der Waals surface area contributed by atoms with E-state index in [9.17, 15) is 0 Å². The highest BCUT2D eigenvalue weighted by Crippen LogP contribution is 2.26. The summed E-state index contributed by atoms with van der Waals surface area (Å²) in [7, 11) is 0. The van der Waals surface area contributed by atoms with Gasteiger partial charge in [-0.3, -0.25) is 4.90 Å². The molecule has 1 saturated heterocycles. The van der Waals surface area contributed by atoms with Crippen LogP contribution in [0.1, 0.15) is 25.8 Å². The van der Waals surface area contributed by atoms with Crippen molar-refractivity contribution in [3.05, 3.63) is 28.8 Å². The van der Waals surface area contributed by atoms with Crippen molar-refractivity contribution in [2.24, 2.45) is 5.73 Å². The smallest absolute Gasteiger partial charge is 0.0426 e. The Bertz CT molecular complexity index is 428. The largest absolute Gasteiger partial charge is 0.369 e. The zero-order chi connectivity index (χ0) is 14.5. The maximum Gasteiger partial charge on any atom is 0.0426 e. The zero-order valence-corrected chi connectivity index (χ0v) is 13.4. The number of nitrogens with zero attached hydrogens (tertiary/aromatic N) is 2. The minimum absolute atomic E-state index is 0.681. The van der Waals surface area contributed by atoms with Gasteiger partial charge < -0.3 is 10.6 Å². The highest BCUT2D eigenvalue weighted by Gasteiger charge is 2.21. The average Bonchev–Trinajstić information content (AvgIpc) is 2.48. The molecule has 2 rings (SSSR count). The SMILES string of the molecule is CCC(C)N1CCN(c2cc(Cl)ccc2CCN)CC1. The van der Waals surface area contributed by atoms with E-state index < -0.39 is 0 Å². The van der Waals surface area contributed by atoms with Gasteiger partial charge in [-0.05, 0) is 44.0 Å². The number of rotatable bonds is 5. The molecular weight excluding hydrogens is 270 g/mol. The normalized spacial score (nSPS) is 18.3. The first kappa shape index (κ1) is 15.6. The molecule has 4 heteroatoms. The molecule has 1 aromatic carbocycles. The molecule has 0 amide bonds. The molecule has 1 aliphatic rings. The van der Waals surface area contributed by atoms with Crippen LogP contribution in [0, 0.1) is 0 Å². The summed E-state index contributed by atoms with van der Waals surface area (Å²) in [5, 5.41) is 0.810. The maximum absolute atomic E-state index is 6.17. The Hall–Kier alpha value is -0.770. The molecule has 3 nitrogen and oxygen atoms in total. The summed E-state index contributed by atoms with van der Waals surface area (Å²) in [6.45, 7) is 9.65. The van der Waals surface area contributed by atoms with Crippen molar-refractivity contribution in [1.29, 1.82) is 0 Å². The molecular formula is C16H26ClN3. The van der Waals surface area contributed by atoms with Gasteiger partial charge in [0.15, 0.2) is 0 Å². The quantitative estimate of drug-likeness (QED) is 0.907. The maximum atomic E-state index is 6.17. The number of halogens is 1. The molecule has 1 atom stereocenters. The van der Waals surface area contributed by atoms with Crippen LogP contribution in [0.2, 0.25) is 5.02 Å². The van der Waals surface area contributed by atoms with E-state index in [0.29, 0.717) is 12.6 Å². The van der Waals surface area contributed by atoms with Gasteiger partial charge in [-0.2, -0.15) is 0 Å². The second-order valence-corrected chi connectivity index (χ2v) is 6.03. The van der Waals surface area contributed by atoms with Crippen LogP contribution < -0.4 is 10.6 Å². The molecule has 1 heterocycles. The summed E-state index contributed by atoms with van der Waals surface area (Å²) in [5.74, 6) is 0. The van der Waals surface area contributed by atoms with E-state index in [1.807, 2.05) is 6.07 Å². The van der Waals surface area contributed by atoms with Crippen molar-refractivity contribution in [2.75, 3.05) is 37.6 Å². The first-order valence-electron chi connectivity index (χ1n) is 7.63. The summed E-state index contributed by atoms with van der Waals surface area (Å²) < 4.78 is 0. The van der Waals surface area contributed by atoms with Crippen molar-refractivity contribution in [2.45, 2.75) is 32.7 Å². The third kappa shape index (κ3) is 3.66. The second kappa shape index (κ2) is 7.30. The molecule has 1 aromatic rings. The van der Waals surface area contributed by atoms with Gasteiger partial charge in [0.25, 0.3) is 0 Å². The fourth-order valence-corrected chi connectivity index (χ4v) is 3.03. The highest BCUT2D eigenvalue weighted by molar-refractivity contribution is 6.30. The van der Waals surface area contributed by atoms with E-state index in [-0.39, 0.29) is 0 Å². The summed E-state index contributed by atoms with van der Waals surface area (Å²) in [5.41, 5.74) is 8.30. The zero-order valence-electron chi connectivity index (χ0n) is 12.6. The number of nitrogens with two attached hydrogens (primary N) is 1. The molecule has 0 bridgehead atoms. The lowest BCUT2D eigenvalue weighted by atomic mass is 10.1. The Balaban J connectivity index is 2.08. The monoisotopic (exact) mass is 295 g/mol.